The predicted octanol–water partition coefficient (Wildman–Crippen LogP) is 3.12. The molecule has 2 rings (SSSR count). The lowest BCUT2D eigenvalue weighted by atomic mass is 10.2. The highest BCUT2D eigenvalue weighted by atomic mass is 127. The van der Waals surface area contributed by atoms with Crippen molar-refractivity contribution in [3.8, 4) is 5.75 Å². The van der Waals surface area contributed by atoms with Gasteiger partial charge in [0.25, 0.3) is 0 Å². The number of rotatable bonds is 9. The third kappa shape index (κ3) is 9.43. The predicted molar refractivity (Wildman–Crippen MR) is 127 cm³/mol. The Morgan fingerprint density at radius 1 is 1.21 bits per heavy atom. The molecule has 0 aromatic heterocycles. The molecule has 1 aromatic rings. The highest BCUT2D eigenvalue weighted by Gasteiger charge is 2.16. The molecule has 28 heavy (non-hydrogen) atoms. The van der Waals surface area contributed by atoms with E-state index in [1.54, 1.807) is 0 Å². The van der Waals surface area contributed by atoms with Crippen LogP contribution in [0.15, 0.2) is 29.3 Å². The van der Waals surface area contributed by atoms with E-state index < -0.39 is 0 Å². The first-order valence-electron chi connectivity index (χ1n) is 10.1. The summed E-state index contributed by atoms with van der Waals surface area (Å²) in [6, 6.07) is 8.65. The van der Waals surface area contributed by atoms with Gasteiger partial charge in [0.15, 0.2) is 5.96 Å². The summed E-state index contributed by atoms with van der Waals surface area (Å²) in [6.45, 7) is 15.4. The largest absolute Gasteiger partial charge is 0.493 e. The minimum absolute atomic E-state index is 0. The van der Waals surface area contributed by atoms with Crippen LogP contribution >= 0.6 is 24.0 Å². The van der Waals surface area contributed by atoms with Crippen LogP contribution in [0.3, 0.4) is 0 Å². The Kier molecular flexibility index (Phi) is 12.5. The molecule has 1 aromatic carbocycles. The second kappa shape index (κ2) is 14.0. The Morgan fingerprint density at radius 2 is 1.96 bits per heavy atom. The number of aliphatic imine (C=N–C) groups is 1. The van der Waals surface area contributed by atoms with E-state index in [4.69, 9.17) is 14.5 Å². The van der Waals surface area contributed by atoms with Gasteiger partial charge in [-0.25, -0.2) is 4.99 Å². The standard InChI is InChI=1S/C21H36N4O2.HI/c1-5-22-21(23-14-18(4)25-9-11-26-12-10-25)24-15-19-7-6-8-20(13-19)27-16-17(2)3;/h6-8,13,17-18H,5,9-12,14-16H2,1-4H3,(H2,22,23,24);1H. The fourth-order valence-electron chi connectivity index (χ4n) is 2.90. The van der Waals surface area contributed by atoms with Crippen LogP contribution in [0.5, 0.6) is 5.75 Å². The molecular formula is C21H37IN4O2. The van der Waals surface area contributed by atoms with Crippen LogP contribution in [0.1, 0.15) is 33.3 Å². The Balaban J connectivity index is 0.00000392. The summed E-state index contributed by atoms with van der Waals surface area (Å²) in [5.74, 6) is 2.28. The average Bonchev–Trinajstić information content (AvgIpc) is 2.69. The normalized spacial score (nSPS) is 16.4. The zero-order chi connectivity index (χ0) is 19.5. The van der Waals surface area contributed by atoms with Gasteiger partial charge in [-0.15, -0.1) is 24.0 Å². The van der Waals surface area contributed by atoms with Crippen LogP contribution in [-0.2, 0) is 11.3 Å². The number of hydrogen-bond acceptors (Lipinski definition) is 4. The molecule has 2 N–H and O–H groups in total. The highest BCUT2D eigenvalue weighted by Crippen LogP contribution is 2.15. The smallest absolute Gasteiger partial charge is 0.191 e. The quantitative estimate of drug-likeness (QED) is 0.308. The van der Waals surface area contributed by atoms with Crippen molar-refractivity contribution < 1.29 is 9.47 Å². The number of nitrogens with zero attached hydrogens (tertiary/aromatic N) is 2. The lowest BCUT2D eigenvalue weighted by molar-refractivity contribution is 0.0211. The fraction of sp³-hybridized carbons (Fsp3) is 0.667. The van der Waals surface area contributed by atoms with Crippen molar-refractivity contribution in [2.45, 2.75) is 40.3 Å². The molecule has 1 fully saturated rings. The molecule has 0 saturated carbocycles. The van der Waals surface area contributed by atoms with E-state index in [9.17, 15) is 0 Å². The van der Waals surface area contributed by atoms with Crippen molar-refractivity contribution in [3.63, 3.8) is 0 Å². The summed E-state index contributed by atoms with van der Waals surface area (Å²) < 4.78 is 11.2. The van der Waals surface area contributed by atoms with Crippen molar-refractivity contribution in [1.82, 2.24) is 15.5 Å². The summed E-state index contributed by atoms with van der Waals surface area (Å²) in [5.41, 5.74) is 1.15. The van der Waals surface area contributed by atoms with Crippen LogP contribution in [0.25, 0.3) is 0 Å². The third-order valence-corrected chi connectivity index (χ3v) is 4.48. The maximum absolute atomic E-state index is 5.81. The number of benzene rings is 1. The summed E-state index contributed by atoms with van der Waals surface area (Å²) >= 11 is 0. The first-order valence-corrected chi connectivity index (χ1v) is 10.1. The molecular weight excluding hydrogens is 467 g/mol. The molecule has 1 aliphatic heterocycles. The van der Waals surface area contributed by atoms with Crippen molar-refractivity contribution >= 4 is 29.9 Å². The lowest BCUT2D eigenvalue weighted by Crippen LogP contribution is -2.49. The maximum atomic E-state index is 5.81. The first-order chi connectivity index (χ1) is 13.1. The Labute approximate surface area is 187 Å². The molecule has 0 amide bonds. The molecule has 0 aliphatic carbocycles. The van der Waals surface area contributed by atoms with Gasteiger partial charge in [0.1, 0.15) is 5.75 Å². The molecule has 1 unspecified atom stereocenters. The number of halogens is 1. The molecule has 0 radical (unpaired) electrons. The highest BCUT2D eigenvalue weighted by molar-refractivity contribution is 14.0. The van der Waals surface area contributed by atoms with E-state index in [-0.39, 0.29) is 24.0 Å². The second-order valence-electron chi connectivity index (χ2n) is 7.43. The van der Waals surface area contributed by atoms with E-state index in [1.165, 1.54) is 0 Å². The molecule has 1 atom stereocenters. The number of hydrogen-bond donors (Lipinski definition) is 2. The maximum Gasteiger partial charge on any atom is 0.191 e. The monoisotopic (exact) mass is 504 g/mol. The molecule has 1 heterocycles. The van der Waals surface area contributed by atoms with Gasteiger partial charge in [-0.3, -0.25) is 4.90 Å². The van der Waals surface area contributed by atoms with Crippen LogP contribution < -0.4 is 15.4 Å². The van der Waals surface area contributed by atoms with Gasteiger partial charge < -0.3 is 20.1 Å². The van der Waals surface area contributed by atoms with Gasteiger partial charge in [0.05, 0.1) is 26.4 Å². The van der Waals surface area contributed by atoms with E-state index in [0.717, 1.165) is 63.3 Å². The molecule has 160 valence electrons. The fourth-order valence-corrected chi connectivity index (χ4v) is 2.90. The van der Waals surface area contributed by atoms with Crippen LogP contribution in [0.4, 0.5) is 0 Å². The Bertz CT molecular complexity index is 577. The van der Waals surface area contributed by atoms with Gasteiger partial charge in [-0.2, -0.15) is 0 Å². The second-order valence-corrected chi connectivity index (χ2v) is 7.43. The topological polar surface area (TPSA) is 58.1 Å². The number of nitrogens with one attached hydrogen (secondary N) is 2. The summed E-state index contributed by atoms with van der Waals surface area (Å²) in [5, 5.41) is 6.80. The summed E-state index contributed by atoms with van der Waals surface area (Å²) in [4.78, 5) is 7.19. The molecule has 0 bridgehead atoms. The minimum atomic E-state index is 0. The van der Waals surface area contributed by atoms with E-state index >= 15 is 0 Å². The van der Waals surface area contributed by atoms with E-state index in [0.29, 0.717) is 18.5 Å². The van der Waals surface area contributed by atoms with Gasteiger partial charge in [0, 0.05) is 32.2 Å². The molecule has 0 spiro atoms. The zero-order valence-corrected chi connectivity index (χ0v) is 20.1. The Hall–Kier alpha value is -1.06. The average molecular weight is 504 g/mol. The van der Waals surface area contributed by atoms with Crippen molar-refractivity contribution in [2.24, 2.45) is 10.9 Å². The lowest BCUT2D eigenvalue weighted by Gasteiger charge is -2.32. The SMILES string of the molecule is CCNC(=NCc1cccc(OCC(C)C)c1)NCC(C)N1CCOCC1.I. The third-order valence-electron chi connectivity index (χ3n) is 4.48. The van der Waals surface area contributed by atoms with E-state index in [1.807, 2.05) is 12.1 Å². The summed E-state index contributed by atoms with van der Waals surface area (Å²) in [6.07, 6.45) is 0. The van der Waals surface area contributed by atoms with Crippen molar-refractivity contribution in [2.75, 3.05) is 46.0 Å². The molecule has 7 heteroatoms. The van der Waals surface area contributed by atoms with Crippen LogP contribution in [0.2, 0.25) is 0 Å². The minimum Gasteiger partial charge on any atom is -0.493 e. The number of ether oxygens (including phenoxy) is 2. The zero-order valence-electron chi connectivity index (χ0n) is 17.7. The van der Waals surface area contributed by atoms with Crippen LogP contribution in [0, 0.1) is 5.92 Å². The van der Waals surface area contributed by atoms with Gasteiger partial charge in [-0.1, -0.05) is 26.0 Å². The number of guanidine groups is 1. The summed E-state index contributed by atoms with van der Waals surface area (Å²) in [7, 11) is 0. The van der Waals surface area contributed by atoms with Crippen LogP contribution in [-0.4, -0.2) is 62.9 Å². The molecule has 1 saturated heterocycles. The van der Waals surface area contributed by atoms with Gasteiger partial charge in [-0.05, 0) is 37.5 Å². The number of morpholine rings is 1. The van der Waals surface area contributed by atoms with Crippen molar-refractivity contribution in [1.29, 1.82) is 0 Å². The van der Waals surface area contributed by atoms with Gasteiger partial charge >= 0.3 is 0 Å². The van der Waals surface area contributed by atoms with E-state index in [2.05, 4.69) is 55.4 Å². The van der Waals surface area contributed by atoms with Gasteiger partial charge in [0.2, 0.25) is 0 Å². The van der Waals surface area contributed by atoms with Crippen molar-refractivity contribution in [3.05, 3.63) is 29.8 Å². The molecule has 6 nitrogen and oxygen atoms in total. The first kappa shape index (κ1) is 25.0. The molecule has 1 aliphatic rings. The Morgan fingerprint density at radius 3 is 2.64 bits per heavy atom.